The van der Waals surface area contributed by atoms with E-state index in [1.165, 1.54) is 38.5 Å². The molecule has 4 fully saturated rings. The van der Waals surface area contributed by atoms with Crippen molar-refractivity contribution in [1.82, 2.24) is 0 Å². The summed E-state index contributed by atoms with van der Waals surface area (Å²) >= 11 is 0. The molecular weight excluding hydrogens is 316 g/mol. The molecule has 4 aliphatic carbocycles. The van der Waals surface area contributed by atoms with Crippen LogP contribution in [0.3, 0.4) is 0 Å². The smallest absolute Gasteiger partial charge is 0.317 e. The van der Waals surface area contributed by atoms with Gasteiger partial charge in [-0.1, -0.05) is 13.8 Å². The van der Waals surface area contributed by atoms with Crippen molar-refractivity contribution in [3.8, 4) is 0 Å². The highest BCUT2D eigenvalue weighted by Gasteiger charge is 2.53. The van der Waals surface area contributed by atoms with Gasteiger partial charge in [0.2, 0.25) is 0 Å². The SMILES string of the molecule is CC12CCC(COC(=O)CC(=O)OCC3CCC4(C)CC4C3)CC1C2. The van der Waals surface area contributed by atoms with Crippen LogP contribution in [-0.4, -0.2) is 25.2 Å². The standard InChI is InChI=1S/C21H32O4/c1-20-5-3-14(7-16(20)10-20)12-24-18(22)9-19(23)25-13-15-4-6-21(2)11-17(21)8-15/h14-17H,3-13H2,1-2H3. The summed E-state index contributed by atoms with van der Waals surface area (Å²) in [5.41, 5.74) is 1.17. The second-order valence-electron chi connectivity index (χ2n) is 9.93. The van der Waals surface area contributed by atoms with E-state index < -0.39 is 11.9 Å². The van der Waals surface area contributed by atoms with E-state index in [-0.39, 0.29) is 6.42 Å². The molecule has 0 radical (unpaired) electrons. The fourth-order valence-corrected chi connectivity index (χ4v) is 5.41. The number of ether oxygens (including phenoxy) is 2. The first kappa shape index (κ1) is 17.4. The van der Waals surface area contributed by atoms with Crippen LogP contribution in [0.2, 0.25) is 0 Å². The van der Waals surface area contributed by atoms with Crippen molar-refractivity contribution in [1.29, 1.82) is 0 Å². The summed E-state index contributed by atoms with van der Waals surface area (Å²) in [5, 5.41) is 0. The first-order valence-electron chi connectivity index (χ1n) is 10.2. The van der Waals surface area contributed by atoms with E-state index >= 15 is 0 Å². The number of carbonyl (C=O) groups is 2. The van der Waals surface area contributed by atoms with Crippen LogP contribution in [0.1, 0.15) is 71.6 Å². The molecule has 0 bridgehead atoms. The molecule has 4 aliphatic rings. The maximum atomic E-state index is 11.9. The van der Waals surface area contributed by atoms with Gasteiger partial charge in [-0.25, -0.2) is 0 Å². The Balaban J connectivity index is 1.09. The molecule has 0 aromatic heterocycles. The first-order chi connectivity index (χ1) is 11.9. The highest BCUT2D eigenvalue weighted by Crippen LogP contribution is 2.62. The molecule has 0 aliphatic heterocycles. The third-order valence-corrected chi connectivity index (χ3v) is 7.81. The molecule has 4 rings (SSSR count). The van der Waals surface area contributed by atoms with Crippen molar-refractivity contribution in [2.75, 3.05) is 13.2 Å². The monoisotopic (exact) mass is 348 g/mol. The largest absolute Gasteiger partial charge is 0.465 e. The molecule has 0 heterocycles. The molecule has 0 amide bonds. The Kier molecular flexibility index (Phi) is 4.36. The van der Waals surface area contributed by atoms with E-state index in [2.05, 4.69) is 13.8 Å². The van der Waals surface area contributed by atoms with Crippen LogP contribution < -0.4 is 0 Å². The molecule has 4 nitrogen and oxygen atoms in total. The van der Waals surface area contributed by atoms with Crippen LogP contribution in [0.25, 0.3) is 0 Å². The topological polar surface area (TPSA) is 52.6 Å². The maximum absolute atomic E-state index is 11.9. The summed E-state index contributed by atoms with van der Waals surface area (Å²) in [7, 11) is 0. The highest BCUT2D eigenvalue weighted by atomic mass is 16.6. The average molecular weight is 348 g/mol. The van der Waals surface area contributed by atoms with Crippen molar-refractivity contribution in [3.63, 3.8) is 0 Å². The predicted octanol–water partition coefficient (Wildman–Crippen LogP) is 4.12. The Morgan fingerprint density at radius 3 is 1.68 bits per heavy atom. The second-order valence-corrected chi connectivity index (χ2v) is 9.93. The number of fused-ring (bicyclic) bond motifs is 2. The maximum Gasteiger partial charge on any atom is 0.317 e. The predicted molar refractivity (Wildman–Crippen MR) is 93.6 cm³/mol. The Hall–Kier alpha value is -1.06. The Morgan fingerprint density at radius 2 is 1.28 bits per heavy atom. The third kappa shape index (κ3) is 3.88. The van der Waals surface area contributed by atoms with Crippen molar-refractivity contribution in [3.05, 3.63) is 0 Å². The molecule has 25 heavy (non-hydrogen) atoms. The fourth-order valence-electron chi connectivity index (χ4n) is 5.41. The molecule has 6 unspecified atom stereocenters. The normalized spacial score (nSPS) is 44.2. The molecule has 6 atom stereocenters. The number of carbonyl (C=O) groups excluding carboxylic acids is 2. The summed E-state index contributed by atoms with van der Waals surface area (Å²) < 4.78 is 10.7. The van der Waals surface area contributed by atoms with E-state index in [0.29, 0.717) is 35.9 Å². The van der Waals surface area contributed by atoms with Gasteiger partial charge in [-0.3, -0.25) is 9.59 Å². The van der Waals surface area contributed by atoms with Gasteiger partial charge in [0.1, 0.15) is 6.42 Å². The van der Waals surface area contributed by atoms with E-state index in [1.807, 2.05) is 0 Å². The van der Waals surface area contributed by atoms with Crippen LogP contribution >= 0.6 is 0 Å². The number of esters is 2. The third-order valence-electron chi connectivity index (χ3n) is 7.81. The van der Waals surface area contributed by atoms with E-state index in [1.54, 1.807) is 0 Å². The van der Waals surface area contributed by atoms with Crippen molar-refractivity contribution in [2.24, 2.45) is 34.5 Å². The van der Waals surface area contributed by atoms with Gasteiger partial charge in [0, 0.05) is 0 Å². The lowest BCUT2D eigenvalue weighted by Crippen LogP contribution is -2.23. The highest BCUT2D eigenvalue weighted by molar-refractivity contribution is 5.91. The van der Waals surface area contributed by atoms with Gasteiger partial charge >= 0.3 is 11.9 Å². The molecule has 4 heteroatoms. The van der Waals surface area contributed by atoms with Crippen LogP contribution in [0, 0.1) is 34.5 Å². The minimum absolute atomic E-state index is 0.234. The average Bonchev–Trinajstić information content (AvgIpc) is 3.43. The summed E-state index contributed by atoms with van der Waals surface area (Å²) in [5.74, 6) is 1.78. The minimum Gasteiger partial charge on any atom is -0.465 e. The summed E-state index contributed by atoms with van der Waals surface area (Å²) in [6.45, 7) is 5.68. The molecule has 0 aromatic carbocycles. The molecule has 4 saturated carbocycles. The first-order valence-corrected chi connectivity index (χ1v) is 10.2. The lowest BCUT2D eigenvalue weighted by Gasteiger charge is -2.25. The van der Waals surface area contributed by atoms with Crippen LogP contribution in [-0.2, 0) is 19.1 Å². The van der Waals surface area contributed by atoms with E-state index in [4.69, 9.17) is 9.47 Å². The van der Waals surface area contributed by atoms with Crippen molar-refractivity contribution in [2.45, 2.75) is 71.6 Å². The Bertz CT molecular complexity index is 510. The summed E-state index contributed by atoms with van der Waals surface area (Å²) in [6, 6.07) is 0. The quantitative estimate of drug-likeness (QED) is 0.535. The molecule has 0 spiro atoms. The van der Waals surface area contributed by atoms with Crippen LogP contribution in [0.15, 0.2) is 0 Å². The van der Waals surface area contributed by atoms with Crippen molar-refractivity contribution >= 4 is 11.9 Å². The van der Waals surface area contributed by atoms with Gasteiger partial charge in [-0.05, 0) is 85.9 Å². The lowest BCUT2D eigenvalue weighted by atomic mass is 9.83. The van der Waals surface area contributed by atoms with Gasteiger partial charge in [-0.15, -0.1) is 0 Å². The zero-order valence-corrected chi connectivity index (χ0v) is 15.7. The Morgan fingerprint density at radius 1 is 0.840 bits per heavy atom. The van der Waals surface area contributed by atoms with Gasteiger partial charge in [0.15, 0.2) is 0 Å². The Labute approximate surface area is 151 Å². The molecule has 0 saturated heterocycles. The lowest BCUT2D eigenvalue weighted by molar-refractivity contribution is -0.156. The molecule has 0 aromatic rings. The molecular formula is C21H32O4. The zero-order chi connectivity index (χ0) is 17.7. The van der Waals surface area contributed by atoms with Gasteiger partial charge < -0.3 is 9.47 Å². The molecule has 0 N–H and O–H groups in total. The second kappa shape index (κ2) is 6.28. The van der Waals surface area contributed by atoms with Gasteiger partial charge in [0.25, 0.3) is 0 Å². The molecule has 140 valence electrons. The fraction of sp³-hybridized carbons (Fsp3) is 0.905. The number of hydrogen-bond donors (Lipinski definition) is 0. The number of hydrogen-bond acceptors (Lipinski definition) is 4. The van der Waals surface area contributed by atoms with Crippen molar-refractivity contribution < 1.29 is 19.1 Å². The van der Waals surface area contributed by atoms with E-state index in [9.17, 15) is 9.59 Å². The summed E-state index contributed by atoms with van der Waals surface area (Å²) in [4.78, 5) is 23.8. The van der Waals surface area contributed by atoms with E-state index in [0.717, 1.165) is 24.7 Å². The van der Waals surface area contributed by atoms with Gasteiger partial charge in [0.05, 0.1) is 13.2 Å². The minimum atomic E-state index is -0.424. The zero-order valence-electron chi connectivity index (χ0n) is 15.7. The van der Waals surface area contributed by atoms with Gasteiger partial charge in [-0.2, -0.15) is 0 Å². The van der Waals surface area contributed by atoms with Crippen LogP contribution in [0.4, 0.5) is 0 Å². The summed E-state index contributed by atoms with van der Waals surface area (Å²) in [6.07, 6.45) is 9.59. The van der Waals surface area contributed by atoms with Crippen LogP contribution in [0.5, 0.6) is 0 Å². The number of rotatable bonds is 6.